The number of aryl methyl sites for hydroxylation is 1. The van der Waals surface area contributed by atoms with Gasteiger partial charge in [0.25, 0.3) is 0 Å². The molecule has 124 valence electrons. The lowest BCUT2D eigenvalue weighted by molar-refractivity contribution is 0.133. The monoisotopic (exact) mass is 331 g/mol. The van der Waals surface area contributed by atoms with E-state index < -0.39 is 0 Å². The van der Waals surface area contributed by atoms with E-state index in [4.69, 9.17) is 0 Å². The Hall–Kier alpha value is -1.43. The Balaban J connectivity index is 1.76. The Kier molecular flexibility index (Phi) is 5.30. The number of hydrogen-bond acceptors (Lipinski definition) is 4. The van der Waals surface area contributed by atoms with Crippen molar-refractivity contribution in [2.45, 2.75) is 26.8 Å². The minimum atomic E-state index is 0.0433. The fraction of sp³-hybridized carbons (Fsp3) is 0.500. The van der Waals surface area contributed by atoms with Gasteiger partial charge in [0, 0.05) is 37.6 Å². The van der Waals surface area contributed by atoms with E-state index >= 15 is 0 Å². The lowest BCUT2D eigenvalue weighted by atomic mass is 10.1. The maximum Gasteiger partial charge on any atom is 0.305 e. The number of hydrogen-bond donors (Lipinski definition) is 1. The first-order chi connectivity index (χ1) is 11.2. The van der Waals surface area contributed by atoms with Gasteiger partial charge in [-0.3, -0.25) is 9.69 Å². The average Bonchev–Trinajstić information content (AvgIpc) is 2.96. The van der Waals surface area contributed by atoms with Gasteiger partial charge in [-0.25, -0.2) is 0 Å². The second-order valence-electron chi connectivity index (χ2n) is 6.07. The van der Waals surface area contributed by atoms with Crippen molar-refractivity contribution in [2.75, 3.05) is 32.7 Å². The SMILES string of the molecule is CCc1ccc(-c2[nH]c(=O)sc2CN2CCN(CC)CC2)cc1. The van der Waals surface area contributed by atoms with E-state index in [2.05, 4.69) is 52.9 Å². The van der Waals surface area contributed by atoms with Crippen LogP contribution in [0.2, 0.25) is 0 Å². The van der Waals surface area contributed by atoms with Gasteiger partial charge in [-0.15, -0.1) is 0 Å². The van der Waals surface area contributed by atoms with Crippen molar-refractivity contribution in [1.29, 1.82) is 0 Å². The zero-order valence-corrected chi connectivity index (χ0v) is 14.8. The summed E-state index contributed by atoms with van der Waals surface area (Å²) in [6, 6.07) is 8.54. The van der Waals surface area contributed by atoms with Gasteiger partial charge in [0.1, 0.15) is 0 Å². The molecular formula is C18H25N3OS. The highest BCUT2D eigenvalue weighted by Gasteiger charge is 2.19. The summed E-state index contributed by atoms with van der Waals surface area (Å²) in [7, 11) is 0. The van der Waals surface area contributed by atoms with E-state index in [1.807, 2.05) is 0 Å². The van der Waals surface area contributed by atoms with Crippen LogP contribution in [0.25, 0.3) is 11.3 Å². The van der Waals surface area contributed by atoms with E-state index in [1.165, 1.54) is 16.9 Å². The normalized spacial score (nSPS) is 16.8. The van der Waals surface area contributed by atoms with Crippen molar-refractivity contribution >= 4 is 11.3 Å². The summed E-state index contributed by atoms with van der Waals surface area (Å²) in [6.07, 6.45) is 1.04. The van der Waals surface area contributed by atoms with Gasteiger partial charge in [-0.2, -0.15) is 0 Å². The summed E-state index contributed by atoms with van der Waals surface area (Å²) in [6.45, 7) is 10.8. The highest BCUT2D eigenvalue weighted by molar-refractivity contribution is 7.09. The highest BCUT2D eigenvalue weighted by Crippen LogP contribution is 2.25. The number of H-pyrrole nitrogens is 1. The first-order valence-electron chi connectivity index (χ1n) is 8.45. The molecule has 5 heteroatoms. The zero-order valence-electron chi connectivity index (χ0n) is 14.0. The summed E-state index contributed by atoms with van der Waals surface area (Å²) in [5, 5.41) is 0. The molecule has 4 nitrogen and oxygen atoms in total. The Morgan fingerprint density at radius 1 is 1.04 bits per heavy atom. The minimum absolute atomic E-state index is 0.0433. The van der Waals surface area contributed by atoms with Gasteiger partial charge in [0.15, 0.2) is 0 Å². The molecule has 0 spiro atoms. The van der Waals surface area contributed by atoms with Crippen LogP contribution in [0.3, 0.4) is 0 Å². The first kappa shape index (κ1) is 16.4. The molecule has 2 aromatic rings. The number of aromatic amines is 1. The summed E-state index contributed by atoms with van der Waals surface area (Å²) in [5.74, 6) is 0. The number of aromatic nitrogens is 1. The van der Waals surface area contributed by atoms with Crippen LogP contribution in [0.15, 0.2) is 29.1 Å². The molecule has 0 bridgehead atoms. The third kappa shape index (κ3) is 3.91. The number of nitrogens with one attached hydrogen (secondary N) is 1. The van der Waals surface area contributed by atoms with Crippen LogP contribution in [-0.2, 0) is 13.0 Å². The Labute approximate surface area is 141 Å². The molecule has 1 aliphatic heterocycles. The van der Waals surface area contributed by atoms with Crippen molar-refractivity contribution < 1.29 is 0 Å². The van der Waals surface area contributed by atoms with Crippen LogP contribution in [0.1, 0.15) is 24.3 Å². The van der Waals surface area contributed by atoms with Crippen LogP contribution in [-0.4, -0.2) is 47.5 Å². The summed E-state index contributed by atoms with van der Waals surface area (Å²) < 4.78 is 0. The van der Waals surface area contributed by atoms with E-state index in [0.29, 0.717) is 0 Å². The van der Waals surface area contributed by atoms with Crippen LogP contribution < -0.4 is 4.87 Å². The molecule has 0 atom stereocenters. The van der Waals surface area contributed by atoms with Gasteiger partial charge in [-0.05, 0) is 24.1 Å². The molecule has 1 aliphatic rings. The lowest BCUT2D eigenvalue weighted by Crippen LogP contribution is -2.45. The molecule has 0 amide bonds. The summed E-state index contributed by atoms with van der Waals surface area (Å²) in [4.78, 5) is 21.0. The third-order valence-corrected chi connectivity index (χ3v) is 5.52. The first-order valence-corrected chi connectivity index (χ1v) is 9.27. The van der Waals surface area contributed by atoms with Gasteiger partial charge >= 0.3 is 4.87 Å². The van der Waals surface area contributed by atoms with Crippen molar-refractivity contribution in [2.24, 2.45) is 0 Å². The standard InChI is InChI=1S/C18H25N3OS/c1-3-14-5-7-15(8-6-14)17-16(23-18(22)19-17)13-21-11-9-20(4-2)10-12-21/h5-8H,3-4,9-13H2,1-2H3,(H,19,22). The van der Waals surface area contributed by atoms with E-state index in [0.717, 1.165) is 61.8 Å². The molecule has 23 heavy (non-hydrogen) atoms. The fourth-order valence-corrected chi connectivity index (χ4v) is 3.97. The molecular weight excluding hydrogens is 306 g/mol. The van der Waals surface area contributed by atoms with Crippen LogP contribution in [0.5, 0.6) is 0 Å². The highest BCUT2D eigenvalue weighted by atomic mass is 32.1. The van der Waals surface area contributed by atoms with Gasteiger partial charge < -0.3 is 9.88 Å². The van der Waals surface area contributed by atoms with Gasteiger partial charge in [0.05, 0.1) is 5.69 Å². The third-order valence-electron chi connectivity index (χ3n) is 4.65. The second-order valence-corrected chi connectivity index (χ2v) is 7.14. The minimum Gasteiger partial charge on any atom is -0.312 e. The Morgan fingerprint density at radius 2 is 1.70 bits per heavy atom. The van der Waals surface area contributed by atoms with Crippen LogP contribution in [0.4, 0.5) is 0 Å². The van der Waals surface area contributed by atoms with Gasteiger partial charge in [-0.1, -0.05) is 49.4 Å². The number of likely N-dealkylation sites (N-methyl/N-ethyl adjacent to an activating group) is 1. The molecule has 0 aliphatic carbocycles. The van der Waals surface area contributed by atoms with E-state index in [-0.39, 0.29) is 4.87 Å². The van der Waals surface area contributed by atoms with Crippen molar-refractivity contribution in [1.82, 2.24) is 14.8 Å². The number of benzene rings is 1. The van der Waals surface area contributed by atoms with Gasteiger partial charge in [0.2, 0.25) is 0 Å². The molecule has 0 saturated carbocycles. The Bertz CT molecular complexity index is 681. The Morgan fingerprint density at radius 3 is 2.30 bits per heavy atom. The molecule has 1 N–H and O–H groups in total. The molecule has 1 aromatic heterocycles. The van der Waals surface area contributed by atoms with Crippen LogP contribution >= 0.6 is 11.3 Å². The fourth-order valence-electron chi connectivity index (χ4n) is 3.08. The summed E-state index contributed by atoms with van der Waals surface area (Å²) in [5.41, 5.74) is 3.44. The molecule has 1 fully saturated rings. The largest absolute Gasteiger partial charge is 0.312 e. The predicted molar refractivity (Wildman–Crippen MR) is 97.1 cm³/mol. The summed E-state index contributed by atoms with van der Waals surface area (Å²) >= 11 is 1.35. The number of thiazole rings is 1. The van der Waals surface area contributed by atoms with Crippen LogP contribution in [0, 0.1) is 0 Å². The number of nitrogens with zero attached hydrogens (tertiary/aromatic N) is 2. The predicted octanol–water partition coefficient (Wildman–Crippen LogP) is 2.80. The lowest BCUT2D eigenvalue weighted by Gasteiger charge is -2.33. The van der Waals surface area contributed by atoms with Crippen molar-refractivity contribution in [3.63, 3.8) is 0 Å². The molecule has 1 aromatic carbocycles. The average molecular weight is 331 g/mol. The smallest absolute Gasteiger partial charge is 0.305 e. The topological polar surface area (TPSA) is 39.3 Å². The molecule has 3 rings (SSSR count). The van der Waals surface area contributed by atoms with E-state index in [1.54, 1.807) is 0 Å². The molecule has 1 saturated heterocycles. The maximum absolute atomic E-state index is 11.9. The second kappa shape index (κ2) is 7.43. The quantitative estimate of drug-likeness (QED) is 0.916. The van der Waals surface area contributed by atoms with E-state index in [9.17, 15) is 4.79 Å². The van der Waals surface area contributed by atoms with Crippen molar-refractivity contribution in [3.8, 4) is 11.3 Å². The molecule has 0 radical (unpaired) electrons. The molecule has 2 heterocycles. The van der Waals surface area contributed by atoms with Crippen molar-refractivity contribution in [3.05, 3.63) is 44.4 Å². The number of piperazine rings is 1. The zero-order chi connectivity index (χ0) is 16.2. The maximum atomic E-state index is 11.9. The molecule has 0 unspecified atom stereocenters. The number of rotatable bonds is 5.